The molecule has 2 aliphatic heterocycles. The summed E-state index contributed by atoms with van der Waals surface area (Å²) in [6.45, 7) is 3.99. The molecule has 158 valence electrons. The molecule has 0 unspecified atom stereocenters. The maximum Gasteiger partial charge on any atom is 0.321 e. The molecule has 1 saturated carbocycles. The van der Waals surface area contributed by atoms with Crippen LogP contribution in [0.4, 0.5) is 10.5 Å². The zero-order chi connectivity index (χ0) is 20.3. The monoisotopic (exact) mass is 403 g/mol. The van der Waals surface area contributed by atoms with E-state index in [1.807, 2.05) is 4.90 Å². The Bertz CT molecular complexity index is 869. The van der Waals surface area contributed by atoms with Crippen molar-refractivity contribution in [3.05, 3.63) is 65.2 Å². The summed E-state index contributed by atoms with van der Waals surface area (Å²) in [5.74, 6) is 0.571. The van der Waals surface area contributed by atoms with Crippen LogP contribution in [0.5, 0.6) is 0 Å². The van der Waals surface area contributed by atoms with Gasteiger partial charge in [0.2, 0.25) is 0 Å². The molecule has 1 saturated heterocycles. The van der Waals surface area contributed by atoms with Crippen molar-refractivity contribution < 1.29 is 4.79 Å². The Morgan fingerprint density at radius 1 is 0.833 bits per heavy atom. The number of nitrogens with zero attached hydrogens (tertiary/aromatic N) is 2. The van der Waals surface area contributed by atoms with E-state index in [1.54, 1.807) is 0 Å². The molecule has 0 aromatic heterocycles. The Morgan fingerprint density at radius 3 is 2.27 bits per heavy atom. The van der Waals surface area contributed by atoms with Gasteiger partial charge in [-0.05, 0) is 73.3 Å². The molecule has 2 aromatic carbocycles. The van der Waals surface area contributed by atoms with Gasteiger partial charge in [0.15, 0.2) is 0 Å². The lowest BCUT2D eigenvalue weighted by Crippen LogP contribution is -2.41. The van der Waals surface area contributed by atoms with Crippen molar-refractivity contribution in [1.82, 2.24) is 9.80 Å². The SMILES string of the molecule is O=C(Nc1ccc2c(c1)CCN(C1CCC1)CC2)N1CCC(c2ccccc2)CC1. The van der Waals surface area contributed by atoms with E-state index in [4.69, 9.17) is 0 Å². The number of anilines is 1. The topological polar surface area (TPSA) is 35.6 Å². The molecule has 0 bridgehead atoms. The molecule has 4 heteroatoms. The van der Waals surface area contributed by atoms with Crippen molar-refractivity contribution in [2.24, 2.45) is 0 Å². The number of fused-ring (bicyclic) bond motifs is 1. The maximum absolute atomic E-state index is 12.8. The number of urea groups is 1. The molecule has 5 rings (SSSR count). The summed E-state index contributed by atoms with van der Waals surface area (Å²) >= 11 is 0. The number of nitrogens with one attached hydrogen (secondary N) is 1. The Morgan fingerprint density at radius 2 is 1.57 bits per heavy atom. The third-order valence-electron chi connectivity index (χ3n) is 7.44. The second kappa shape index (κ2) is 8.81. The molecule has 2 aromatic rings. The minimum Gasteiger partial charge on any atom is -0.324 e. The van der Waals surface area contributed by atoms with Gasteiger partial charge in [0, 0.05) is 37.9 Å². The lowest BCUT2D eigenvalue weighted by Gasteiger charge is -2.36. The highest BCUT2D eigenvalue weighted by molar-refractivity contribution is 5.89. The Kier molecular flexibility index (Phi) is 5.76. The third-order valence-corrected chi connectivity index (χ3v) is 7.44. The molecule has 1 N–H and O–H groups in total. The predicted molar refractivity (Wildman–Crippen MR) is 122 cm³/mol. The van der Waals surface area contributed by atoms with Gasteiger partial charge >= 0.3 is 6.03 Å². The molecule has 1 aliphatic carbocycles. The second-order valence-electron chi connectivity index (χ2n) is 9.21. The first kappa shape index (κ1) is 19.6. The Labute approximate surface area is 180 Å². The number of rotatable bonds is 3. The van der Waals surface area contributed by atoms with E-state index < -0.39 is 0 Å². The highest BCUT2D eigenvalue weighted by atomic mass is 16.2. The van der Waals surface area contributed by atoms with Crippen molar-refractivity contribution in [3.8, 4) is 0 Å². The van der Waals surface area contributed by atoms with Gasteiger partial charge in [-0.2, -0.15) is 0 Å². The number of amides is 2. The minimum atomic E-state index is 0.0474. The van der Waals surface area contributed by atoms with Gasteiger partial charge in [-0.25, -0.2) is 4.79 Å². The van der Waals surface area contributed by atoms with E-state index in [-0.39, 0.29) is 6.03 Å². The minimum absolute atomic E-state index is 0.0474. The normalized spacial score (nSPS) is 20.9. The summed E-state index contributed by atoms with van der Waals surface area (Å²) in [4.78, 5) is 17.5. The fourth-order valence-electron chi connectivity index (χ4n) is 5.28. The molecule has 4 nitrogen and oxygen atoms in total. The van der Waals surface area contributed by atoms with Crippen molar-refractivity contribution in [2.45, 2.75) is 56.9 Å². The van der Waals surface area contributed by atoms with Crippen LogP contribution in [0.3, 0.4) is 0 Å². The summed E-state index contributed by atoms with van der Waals surface area (Å²) in [6.07, 6.45) is 8.45. The number of piperidine rings is 1. The number of hydrogen-bond donors (Lipinski definition) is 1. The summed E-state index contributed by atoms with van der Waals surface area (Å²) in [5, 5.41) is 3.17. The fraction of sp³-hybridized carbons (Fsp3) is 0.500. The van der Waals surface area contributed by atoms with Crippen LogP contribution in [0, 0.1) is 0 Å². The quantitative estimate of drug-likeness (QED) is 0.778. The van der Waals surface area contributed by atoms with E-state index >= 15 is 0 Å². The summed E-state index contributed by atoms with van der Waals surface area (Å²) in [6, 6.07) is 18.1. The van der Waals surface area contributed by atoms with Crippen LogP contribution >= 0.6 is 0 Å². The molecule has 2 heterocycles. The van der Waals surface area contributed by atoms with E-state index in [0.717, 1.165) is 57.0 Å². The van der Waals surface area contributed by atoms with Gasteiger partial charge in [-0.15, -0.1) is 0 Å². The summed E-state index contributed by atoms with van der Waals surface area (Å²) < 4.78 is 0. The average Bonchev–Trinajstić information content (AvgIpc) is 2.96. The molecule has 0 radical (unpaired) electrons. The fourth-order valence-corrected chi connectivity index (χ4v) is 5.28. The van der Waals surface area contributed by atoms with Crippen LogP contribution < -0.4 is 5.32 Å². The molecular weight excluding hydrogens is 370 g/mol. The largest absolute Gasteiger partial charge is 0.324 e. The zero-order valence-electron chi connectivity index (χ0n) is 17.9. The highest BCUT2D eigenvalue weighted by Crippen LogP contribution is 2.30. The van der Waals surface area contributed by atoms with Crippen molar-refractivity contribution >= 4 is 11.7 Å². The van der Waals surface area contributed by atoms with Crippen LogP contribution in [-0.2, 0) is 12.8 Å². The molecule has 2 amide bonds. The number of hydrogen-bond acceptors (Lipinski definition) is 2. The Hall–Kier alpha value is -2.33. The lowest BCUT2D eigenvalue weighted by atomic mass is 9.90. The predicted octanol–water partition coefficient (Wildman–Crippen LogP) is 5.05. The average molecular weight is 404 g/mol. The van der Waals surface area contributed by atoms with E-state index in [0.29, 0.717) is 5.92 Å². The first-order valence-electron chi connectivity index (χ1n) is 11.7. The first-order chi connectivity index (χ1) is 14.8. The van der Waals surface area contributed by atoms with E-state index in [1.165, 1.54) is 42.5 Å². The molecule has 0 spiro atoms. The Balaban J connectivity index is 1.17. The number of likely N-dealkylation sites (tertiary alicyclic amines) is 1. The molecule has 0 atom stereocenters. The summed E-state index contributed by atoms with van der Waals surface area (Å²) in [7, 11) is 0. The molecular formula is C26H33N3O. The summed E-state index contributed by atoms with van der Waals surface area (Å²) in [5.41, 5.74) is 5.22. The molecule has 3 aliphatic rings. The van der Waals surface area contributed by atoms with Gasteiger partial charge in [-0.3, -0.25) is 4.90 Å². The number of carbonyl (C=O) groups is 1. The van der Waals surface area contributed by atoms with Gasteiger partial charge in [0.25, 0.3) is 0 Å². The van der Waals surface area contributed by atoms with Crippen LogP contribution in [0.1, 0.15) is 54.7 Å². The van der Waals surface area contributed by atoms with Gasteiger partial charge in [0.05, 0.1) is 0 Å². The van der Waals surface area contributed by atoms with Crippen LogP contribution in [0.15, 0.2) is 48.5 Å². The molecule has 30 heavy (non-hydrogen) atoms. The third kappa shape index (κ3) is 4.24. The van der Waals surface area contributed by atoms with Crippen LogP contribution in [-0.4, -0.2) is 48.1 Å². The van der Waals surface area contributed by atoms with Gasteiger partial charge in [0.1, 0.15) is 0 Å². The number of benzene rings is 2. The first-order valence-corrected chi connectivity index (χ1v) is 11.7. The standard InChI is InChI=1S/C26H33N3O/c30-26(29-17-12-22(13-18-29)20-5-2-1-3-6-20)27-24-10-9-21-11-15-28(25-7-4-8-25)16-14-23(21)19-24/h1-3,5-6,9-10,19,22,25H,4,7-8,11-18H2,(H,27,30). The zero-order valence-corrected chi connectivity index (χ0v) is 17.9. The van der Waals surface area contributed by atoms with Crippen molar-refractivity contribution in [3.63, 3.8) is 0 Å². The van der Waals surface area contributed by atoms with Crippen molar-refractivity contribution in [2.75, 3.05) is 31.5 Å². The molecule has 2 fully saturated rings. The lowest BCUT2D eigenvalue weighted by molar-refractivity contribution is 0.133. The van der Waals surface area contributed by atoms with E-state index in [2.05, 4.69) is 58.7 Å². The van der Waals surface area contributed by atoms with E-state index in [9.17, 15) is 4.79 Å². The smallest absolute Gasteiger partial charge is 0.321 e. The van der Waals surface area contributed by atoms with Gasteiger partial charge < -0.3 is 10.2 Å². The second-order valence-corrected chi connectivity index (χ2v) is 9.21. The van der Waals surface area contributed by atoms with Crippen LogP contribution in [0.25, 0.3) is 0 Å². The highest BCUT2D eigenvalue weighted by Gasteiger charge is 2.27. The van der Waals surface area contributed by atoms with Crippen LogP contribution in [0.2, 0.25) is 0 Å². The maximum atomic E-state index is 12.8. The number of carbonyl (C=O) groups excluding carboxylic acids is 1. The van der Waals surface area contributed by atoms with Crippen molar-refractivity contribution in [1.29, 1.82) is 0 Å². The van der Waals surface area contributed by atoms with Gasteiger partial charge in [-0.1, -0.05) is 42.8 Å².